The number of rotatable bonds is 4. The van der Waals surface area contributed by atoms with E-state index in [9.17, 15) is 43.9 Å². The maximum Gasteiger partial charge on any atom is 0.200 e. The third kappa shape index (κ3) is 3.48. The standard InChI is InChI=1S/C16H8F10S/c1-3(5-7(17)11(21)15(25)12(22)8(5)18)27-4(2)6-9(19)13(23)16(26)14(24)10(6)20/h3-4H,1-2H3. The summed E-state index contributed by atoms with van der Waals surface area (Å²) < 4.78 is 134. The Kier molecular flexibility index (Phi) is 6.03. The Morgan fingerprint density at radius 2 is 0.593 bits per heavy atom. The molecule has 0 amide bonds. The number of hydrogen-bond donors (Lipinski definition) is 0. The molecular weight excluding hydrogens is 414 g/mol. The number of benzene rings is 2. The van der Waals surface area contributed by atoms with Gasteiger partial charge in [-0.2, -0.15) is 0 Å². The Hall–Kier alpha value is -1.91. The van der Waals surface area contributed by atoms with Gasteiger partial charge in [0, 0.05) is 21.6 Å². The highest BCUT2D eigenvalue weighted by molar-refractivity contribution is 7.99. The molecular formula is C16H8F10S. The molecule has 2 atom stereocenters. The van der Waals surface area contributed by atoms with Gasteiger partial charge in [-0.15, -0.1) is 11.8 Å². The van der Waals surface area contributed by atoms with E-state index in [0.29, 0.717) is 0 Å². The molecule has 0 heterocycles. The molecule has 0 saturated heterocycles. The summed E-state index contributed by atoms with van der Waals surface area (Å²) >= 11 is 0.237. The van der Waals surface area contributed by atoms with Gasteiger partial charge in [0.15, 0.2) is 46.5 Å². The molecule has 11 heteroatoms. The molecule has 0 radical (unpaired) electrons. The first-order valence-corrected chi connectivity index (χ1v) is 8.04. The summed E-state index contributed by atoms with van der Waals surface area (Å²) in [5.74, 6) is -22.3. The Morgan fingerprint density at radius 1 is 0.407 bits per heavy atom. The fourth-order valence-electron chi connectivity index (χ4n) is 2.40. The van der Waals surface area contributed by atoms with Crippen molar-refractivity contribution in [1.29, 1.82) is 0 Å². The van der Waals surface area contributed by atoms with Gasteiger partial charge >= 0.3 is 0 Å². The predicted molar refractivity (Wildman–Crippen MR) is 76.9 cm³/mol. The minimum absolute atomic E-state index is 0.237. The summed E-state index contributed by atoms with van der Waals surface area (Å²) in [6, 6.07) is 0. The molecule has 2 rings (SSSR count). The van der Waals surface area contributed by atoms with Gasteiger partial charge in [-0.05, 0) is 13.8 Å². The minimum Gasteiger partial charge on any atom is -0.203 e. The van der Waals surface area contributed by atoms with E-state index in [0.717, 1.165) is 13.8 Å². The van der Waals surface area contributed by atoms with Gasteiger partial charge in [-0.1, -0.05) is 0 Å². The van der Waals surface area contributed by atoms with Crippen molar-refractivity contribution in [1.82, 2.24) is 0 Å². The number of halogens is 10. The number of hydrogen-bond acceptors (Lipinski definition) is 1. The van der Waals surface area contributed by atoms with Gasteiger partial charge < -0.3 is 0 Å². The van der Waals surface area contributed by atoms with Gasteiger partial charge in [-0.3, -0.25) is 0 Å². The highest BCUT2D eigenvalue weighted by atomic mass is 32.2. The molecule has 0 spiro atoms. The van der Waals surface area contributed by atoms with Crippen molar-refractivity contribution in [2.45, 2.75) is 24.3 Å². The van der Waals surface area contributed by atoms with Crippen LogP contribution in [0.15, 0.2) is 0 Å². The van der Waals surface area contributed by atoms with Crippen LogP contribution in [0.2, 0.25) is 0 Å². The van der Waals surface area contributed by atoms with Crippen molar-refractivity contribution in [2.75, 3.05) is 0 Å². The van der Waals surface area contributed by atoms with Gasteiger partial charge in [0.2, 0.25) is 11.6 Å². The molecule has 0 saturated carbocycles. The van der Waals surface area contributed by atoms with Gasteiger partial charge in [0.1, 0.15) is 0 Å². The Labute approximate surface area is 150 Å². The molecule has 0 aliphatic carbocycles. The Balaban J connectivity index is 2.48. The average Bonchev–Trinajstić information content (AvgIpc) is 2.61. The van der Waals surface area contributed by atoms with Crippen LogP contribution in [-0.2, 0) is 0 Å². The van der Waals surface area contributed by atoms with Crippen LogP contribution in [0.4, 0.5) is 43.9 Å². The van der Waals surface area contributed by atoms with E-state index < -0.39 is 79.8 Å². The minimum atomic E-state index is -2.39. The van der Waals surface area contributed by atoms with Crippen LogP contribution in [0.5, 0.6) is 0 Å². The summed E-state index contributed by atoms with van der Waals surface area (Å²) in [6.45, 7) is 1.90. The highest BCUT2D eigenvalue weighted by Crippen LogP contribution is 2.44. The van der Waals surface area contributed by atoms with E-state index in [4.69, 9.17) is 0 Å². The lowest BCUT2D eigenvalue weighted by Crippen LogP contribution is -2.11. The van der Waals surface area contributed by atoms with Crippen molar-refractivity contribution in [3.05, 3.63) is 69.3 Å². The highest BCUT2D eigenvalue weighted by Gasteiger charge is 2.33. The summed E-state index contributed by atoms with van der Waals surface area (Å²) in [7, 11) is 0. The summed E-state index contributed by atoms with van der Waals surface area (Å²) in [5, 5.41) is -3.17. The molecule has 0 aliphatic heterocycles. The molecule has 2 aromatic carbocycles. The smallest absolute Gasteiger partial charge is 0.200 e. The molecule has 0 N–H and O–H groups in total. The molecule has 0 nitrogen and oxygen atoms in total. The topological polar surface area (TPSA) is 0 Å². The molecule has 148 valence electrons. The zero-order chi connectivity index (χ0) is 20.8. The van der Waals surface area contributed by atoms with E-state index in [2.05, 4.69) is 0 Å². The lowest BCUT2D eigenvalue weighted by molar-refractivity contribution is 0.369. The molecule has 2 aromatic rings. The second kappa shape index (κ2) is 7.61. The Morgan fingerprint density at radius 3 is 0.815 bits per heavy atom. The van der Waals surface area contributed by atoms with Gasteiger partial charge in [0.05, 0.1) is 0 Å². The normalized spacial score (nSPS) is 13.8. The summed E-state index contributed by atoms with van der Waals surface area (Å²) in [5.41, 5.74) is -2.57. The summed E-state index contributed by atoms with van der Waals surface area (Å²) in [4.78, 5) is 0. The van der Waals surface area contributed by atoms with Crippen molar-refractivity contribution in [3.8, 4) is 0 Å². The first-order valence-electron chi connectivity index (χ1n) is 7.09. The van der Waals surface area contributed by atoms with Crippen LogP contribution >= 0.6 is 11.8 Å². The van der Waals surface area contributed by atoms with E-state index >= 15 is 0 Å². The number of thioether (sulfide) groups is 1. The fraction of sp³-hybridized carbons (Fsp3) is 0.250. The van der Waals surface area contributed by atoms with Crippen molar-refractivity contribution in [2.24, 2.45) is 0 Å². The van der Waals surface area contributed by atoms with Crippen LogP contribution in [-0.4, -0.2) is 0 Å². The second-order valence-electron chi connectivity index (χ2n) is 5.39. The van der Waals surface area contributed by atoms with Crippen LogP contribution < -0.4 is 0 Å². The predicted octanol–water partition coefficient (Wildman–Crippen LogP) is 6.63. The lowest BCUT2D eigenvalue weighted by Gasteiger charge is -2.20. The first-order chi connectivity index (χ1) is 12.4. The third-order valence-electron chi connectivity index (χ3n) is 3.71. The maximum atomic E-state index is 13.8. The van der Waals surface area contributed by atoms with Gasteiger partial charge in [0.25, 0.3) is 0 Å². The van der Waals surface area contributed by atoms with Crippen LogP contribution in [0, 0.1) is 58.2 Å². The fourth-order valence-corrected chi connectivity index (χ4v) is 3.70. The molecule has 0 fully saturated rings. The van der Waals surface area contributed by atoms with Crippen LogP contribution in [0.1, 0.15) is 35.5 Å². The SMILES string of the molecule is CC(SC(C)c1c(F)c(F)c(F)c(F)c1F)c1c(F)c(F)c(F)c(F)c1F. The van der Waals surface area contributed by atoms with E-state index in [1.54, 1.807) is 0 Å². The Bertz CT molecular complexity index is 780. The molecule has 2 unspecified atom stereocenters. The quantitative estimate of drug-likeness (QED) is 0.303. The van der Waals surface area contributed by atoms with E-state index in [-0.39, 0.29) is 11.8 Å². The van der Waals surface area contributed by atoms with Crippen molar-refractivity contribution >= 4 is 11.8 Å². The summed E-state index contributed by atoms with van der Waals surface area (Å²) in [6.07, 6.45) is 0. The van der Waals surface area contributed by atoms with E-state index in [1.165, 1.54) is 0 Å². The maximum absolute atomic E-state index is 13.8. The molecule has 0 bridgehead atoms. The third-order valence-corrected chi connectivity index (χ3v) is 5.00. The zero-order valence-corrected chi connectivity index (χ0v) is 14.2. The largest absolute Gasteiger partial charge is 0.203 e. The molecule has 0 aliphatic rings. The monoisotopic (exact) mass is 422 g/mol. The van der Waals surface area contributed by atoms with Gasteiger partial charge in [-0.25, -0.2) is 43.9 Å². The lowest BCUT2D eigenvalue weighted by atomic mass is 10.1. The van der Waals surface area contributed by atoms with Crippen LogP contribution in [0.25, 0.3) is 0 Å². The van der Waals surface area contributed by atoms with Crippen molar-refractivity contribution in [3.63, 3.8) is 0 Å². The molecule has 0 aromatic heterocycles. The van der Waals surface area contributed by atoms with E-state index in [1.807, 2.05) is 0 Å². The second-order valence-corrected chi connectivity index (χ2v) is 7.07. The zero-order valence-electron chi connectivity index (χ0n) is 13.3. The molecule has 27 heavy (non-hydrogen) atoms. The first kappa shape index (κ1) is 21.4. The van der Waals surface area contributed by atoms with Crippen molar-refractivity contribution < 1.29 is 43.9 Å². The van der Waals surface area contributed by atoms with Crippen LogP contribution in [0.3, 0.4) is 0 Å². The average molecular weight is 422 g/mol.